The zero-order valence-electron chi connectivity index (χ0n) is 19.4. The van der Waals surface area contributed by atoms with Crippen molar-refractivity contribution in [2.75, 3.05) is 10.2 Å². The van der Waals surface area contributed by atoms with Crippen LogP contribution in [0.4, 0.5) is 11.4 Å². The summed E-state index contributed by atoms with van der Waals surface area (Å²) < 4.78 is 0. The Morgan fingerprint density at radius 1 is 1.25 bits per heavy atom. The van der Waals surface area contributed by atoms with E-state index in [0.717, 1.165) is 17.5 Å². The molecule has 6 heteroatoms. The molecule has 1 N–H and O–H groups in total. The molecule has 3 rings (SSSR count). The lowest BCUT2D eigenvalue weighted by atomic mass is 9.78. The zero-order chi connectivity index (χ0) is 23.8. The molecule has 0 spiro atoms. The van der Waals surface area contributed by atoms with Crippen LogP contribution < -0.4 is 10.2 Å². The van der Waals surface area contributed by atoms with Gasteiger partial charge >= 0.3 is 0 Å². The van der Waals surface area contributed by atoms with Crippen molar-refractivity contribution in [2.45, 2.75) is 65.5 Å². The molecular weight excluding hydrogens is 441 g/mol. The quantitative estimate of drug-likeness (QED) is 0.376. The number of benzene rings is 2. The van der Waals surface area contributed by atoms with Crippen LogP contribution >= 0.6 is 23.2 Å². The number of hydrogen-bond donors (Lipinski definition) is 1. The van der Waals surface area contributed by atoms with Gasteiger partial charge in [0.1, 0.15) is 11.6 Å². The molecular formula is C26H29Cl2N3O. The highest BCUT2D eigenvalue weighted by molar-refractivity contribution is 6.42. The van der Waals surface area contributed by atoms with Gasteiger partial charge in [0.2, 0.25) is 0 Å². The molecule has 168 valence electrons. The maximum absolute atomic E-state index is 12.7. The minimum absolute atomic E-state index is 0.0311. The fourth-order valence-corrected chi connectivity index (χ4v) is 5.12. The van der Waals surface area contributed by atoms with Gasteiger partial charge in [-0.25, -0.2) is 0 Å². The number of nitrogens with one attached hydrogen (secondary N) is 1. The van der Waals surface area contributed by atoms with E-state index < -0.39 is 5.91 Å². The summed E-state index contributed by atoms with van der Waals surface area (Å²) in [6.45, 7) is 13.3. The molecule has 2 aromatic rings. The first kappa shape index (κ1) is 24.2. The van der Waals surface area contributed by atoms with E-state index in [9.17, 15) is 10.1 Å². The maximum atomic E-state index is 12.7. The van der Waals surface area contributed by atoms with Gasteiger partial charge in [0.05, 0.1) is 10.0 Å². The van der Waals surface area contributed by atoms with Crippen LogP contribution in [0.2, 0.25) is 10.0 Å². The Morgan fingerprint density at radius 2 is 1.94 bits per heavy atom. The van der Waals surface area contributed by atoms with Crippen LogP contribution in [0.3, 0.4) is 0 Å². The lowest BCUT2D eigenvalue weighted by molar-refractivity contribution is -0.112. The Balaban J connectivity index is 1.98. The summed E-state index contributed by atoms with van der Waals surface area (Å²) in [5.74, 6) is -0.112. The molecule has 0 fully saturated rings. The van der Waals surface area contributed by atoms with Gasteiger partial charge in [0, 0.05) is 23.0 Å². The molecule has 0 aromatic heterocycles. The third kappa shape index (κ3) is 4.80. The Kier molecular flexibility index (Phi) is 6.93. The minimum Gasteiger partial charge on any atom is -0.364 e. The van der Waals surface area contributed by atoms with Crippen LogP contribution in [0, 0.1) is 18.3 Å². The zero-order valence-corrected chi connectivity index (χ0v) is 20.9. The van der Waals surface area contributed by atoms with Gasteiger partial charge in [-0.2, -0.15) is 5.26 Å². The number of carbonyl (C=O) groups excluding carboxylic acids is 1. The summed E-state index contributed by atoms with van der Waals surface area (Å²) in [6.07, 6.45) is 2.70. The number of amides is 1. The lowest BCUT2D eigenvalue weighted by Gasteiger charge is -2.50. The van der Waals surface area contributed by atoms with Gasteiger partial charge in [0.15, 0.2) is 0 Å². The standard InChI is InChI=1S/C26H29Cl2N3O/c1-15(2)31-24-9-16(3)18(11-21(24)17(4)13-26(31,5)6)10-19(14-29)25(32)30-20-7-8-22(27)23(28)12-20/h7-12,15,17H,13H2,1-6H3,(H,30,32)/b19-10-/t17-/m0/s1. The average molecular weight is 470 g/mol. The van der Waals surface area contributed by atoms with Gasteiger partial charge in [-0.05, 0) is 100 Å². The predicted octanol–water partition coefficient (Wildman–Crippen LogP) is 7.35. The number of halogens is 2. The number of anilines is 2. The molecule has 0 unspecified atom stereocenters. The van der Waals surface area contributed by atoms with Gasteiger partial charge in [-0.3, -0.25) is 4.79 Å². The van der Waals surface area contributed by atoms with Crippen LogP contribution in [-0.4, -0.2) is 17.5 Å². The normalized spacial score (nSPS) is 17.7. The summed E-state index contributed by atoms with van der Waals surface area (Å²) in [6, 6.07) is 11.5. The summed E-state index contributed by atoms with van der Waals surface area (Å²) in [7, 11) is 0. The van der Waals surface area contributed by atoms with Crippen molar-refractivity contribution in [3.8, 4) is 6.07 Å². The molecule has 1 amide bonds. The molecule has 0 radical (unpaired) electrons. The smallest absolute Gasteiger partial charge is 0.266 e. The molecule has 1 aliphatic heterocycles. The van der Waals surface area contributed by atoms with E-state index in [1.807, 2.05) is 13.0 Å². The molecule has 2 aromatic carbocycles. The number of nitriles is 1. The SMILES string of the molecule is Cc1cc2c(cc1/C=C(/C#N)C(=O)Nc1ccc(Cl)c(Cl)c1)[C@@H](C)CC(C)(C)N2C(C)C. The van der Waals surface area contributed by atoms with E-state index in [0.29, 0.717) is 27.7 Å². The maximum Gasteiger partial charge on any atom is 0.266 e. The van der Waals surface area contributed by atoms with Crippen LogP contribution in [0.25, 0.3) is 6.08 Å². The van der Waals surface area contributed by atoms with Crippen LogP contribution in [0.5, 0.6) is 0 Å². The molecule has 1 atom stereocenters. The van der Waals surface area contributed by atoms with Gasteiger partial charge in [0.25, 0.3) is 5.91 Å². The summed E-state index contributed by atoms with van der Waals surface area (Å²) >= 11 is 12.0. The van der Waals surface area contributed by atoms with E-state index in [2.05, 4.69) is 57.0 Å². The Hall–Kier alpha value is -2.48. The first-order valence-corrected chi connectivity index (χ1v) is 11.5. The average Bonchev–Trinajstić information content (AvgIpc) is 2.68. The molecule has 0 saturated carbocycles. The highest BCUT2D eigenvalue weighted by Crippen LogP contribution is 2.45. The van der Waals surface area contributed by atoms with Crippen LogP contribution in [0.1, 0.15) is 63.6 Å². The van der Waals surface area contributed by atoms with Crippen molar-refractivity contribution in [3.63, 3.8) is 0 Å². The van der Waals surface area contributed by atoms with Crippen LogP contribution in [0.15, 0.2) is 35.9 Å². The van der Waals surface area contributed by atoms with Gasteiger partial charge in [-0.15, -0.1) is 0 Å². The number of aryl methyl sites for hydroxylation is 1. The predicted molar refractivity (Wildman–Crippen MR) is 135 cm³/mol. The minimum atomic E-state index is -0.485. The highest BCUT2D eigenvalue weighted by Gasteiger charge is 2.37. The third-order valence-electron chi connectivity index (χ3n) is 6.02. The fourth-order valence-electron chi connectivity index (χ4n) is 4.82. The number of hydrogen-bond acceptors (Lipinski definition) is 3. The number of nitrogens with zero attached hydrogens (tertiary/aromatic N) is 2. The van der Waals surface area contributed by atoms with E-state index >= 15 is 0 Å². The van der Waals surface area contributed by atoms with Crippen molar-refractivity contribution >= 4 is 46.6 Å². The number of rotatable bonds is 4. The Labute approximate surface area is 200 Å². The molecule has 0 bridgehead atoms. The topological polar surface area (TPSA) is 56.1 Å². The monoisotopic (exact) mass is 469 g/mol. The second kappa shape index (κ2) is 9.17. The van der Waals surface area contributed by atoms with E-state index in [1.54, 1.807) is 24.3 Å². The molecule has 1 aliphatic rings. The summed E-state index contributed by atoms with van der Waals surface area (Å²) in [5, 5.41) is 13.1. The second-order valence-corrected chi connectivity index (χ2v) is 10.2. The first-order chi connectivity index (χ1) is 14.9. The van der Waals surface area contributed by atoms with Gasteiger partial charge in [-0.1, -0.05) is 30.1 Å². The van der Waals surface area contributed by atoms with Crippen molar-refractivity contribution in [2.24, 2.45) is 0 Å². The summed E-state index contributed by atoms with van der Waals surface area (Å²) in [5.41, 5.74) is 4.95. The first-order valence-electron chi connectivity index (χ1n) is 10.8. The molecule has 4 nitrogen and oxygen atoms in total. The van der Waals surface area contributed by atoms with Crippen molar-refractivity contribution in [1.29, 1.82) is 5.26 Å². The number of carbonyl (C=O) groups is 1. The fraction of sp³-hybridized carbons (Fsp3) is 0.385. The molecule has 1 heterocycles. The van der Waals surface area contributed by atoms with Crippen molar-refractivity contribution < 1.29 is 4.79 Å². The second-order valence-electron chi connectivity index (χ2n) is 9.40. The van der Waals surface area contributed by atoms with Gasteiger partial charge < -0.3 is 10.2 Å². The lowest BCUT2D eigenvalue weighted by Crippen LogP contribution is -2.51. The van der Waals surface area contributed by atoms with E-state index in [4.69, 9.17) is 23.2 Å². The summed E-state index contributed by atoms with van der Waals surface area (Å²) in [4.78, 5) is 15.2. The Morgan fingerprint density at radius 3 is 2.53 bits per heavy atom. The van der Waals surface area contributed by atoms with E-state index in [-0.39, 0.29) is 11.1 Å². The van der Waals surface area contributed by atoms with Crippen molar-refractivity contribution in [3.05, 3.63) is 62.6 Å². The highest BCUT2D eigenvalue weighted by atomic mass is 35.5. The molecule has 0 saturated heterocycles. The van der Waals surface area contributed by atoms with E-state index in [1.165, 1.54) is 11.3 Å². The molecule has 32 heavy (non-hydrogen) atoms. The Bertz CT molecular complexity index is 1130. The van der Waals surface area contributed by atoms with Crippen LogP contribution in [-0.2, 0) is 4.79 Å². The number of fused-ring (bicyclic) bond motifs is 1. The molecule has 0 aliphatic carbocycles. The third-order valence-corrected chi connectivity index (χ3v) is 6.76. The largest absolute Gasteiger partial charge is 0.364 e. The van der Waals surface area contributed by atoms with Crippen molar-refractivity contribution in [1.82, 2.24) is 0 Å².